The lowest BCUT2D eigenvalue weighted by atomic mass is 9.97. The molecule has 2 N–H and O–H groups in total. The first kappa shape index (κ1) is 14.1. The smallest absolute Gasteiger partial charge is 0.306 e. The lowest BCUT2D eigenvalue weighted by Crippen LogP contribution is -2.36. The molecule has 1 aromatic carbocycles. The summed E-state index contributed by atoms with van der Waals surface area (Å²) in [5, 5.41) is 16.4. The number of hydrogen-bond acceptors (Lipinski definition) is 3. The Bertz CT molecular complexity index is 648. The summed E-state index contributed by atoms with van der Waals surface area (Å²) in [4.78, 5) is 13.1. The van der Waals surface area contributed by atoms with Crippen LogP contribution in [-0.4, -0.2) is 34.4 Å². The van der Waals surface area contributed by atoms with Gasteiger partial charge in [0, 0.05) is 29.2 Å². The molecule has 0 unspecified atom stereocenters. The van der Waals surface area contributed by atoms with Crippen molar-refractivity contribution >= 4 is 27.7 Å². The molecule has 1 saturated heterocycles. The van der Waals surface area contributed by atoms with E-state index in [1.54, 1.807) is 0 Å². The van der Waals surface area contributed by atoms with Gasteiger partial charge >= 0.3 is 5.97 Å². The highest BCUT2D eigenvalue weighted by Crippen LogP contribution is 2.27. The predicted molar refractivity (Wildman–Crippen MR) is 84.3 cm³/mol. The molecule has 0 bridgehead atoms. The molecule has 5 nitrogen and oxygen atoms in total. The van der Waals surface area contributed by atoms with E-state index in [1.165, 1.54) is 0 Å². The summed E-state index contributed by atoms with van der Waals surface area (Å²) in [7, 11) is 0. The molecule has 110 valence electrons. The number of aliphatic carboxylic acids is 1. The fourth-order valence-electron chi connectivity index (χ4n) is 2.63. The predicted octanol–water partition coefficient (Wildman–Crippen LogP) is 3.14. The maximum Gasteiger partial charge on any atom is 0.306 e. The Morgan fingerprint density at radius 3 is 2.76 bits per heavy atom. The van der Waals surface area contributed by atoms with Crippen molar-refractivity contribution in [2.24, 2.45) is 5.92 Å². The van der Waals surface area contributed by atoms with Crippen LogP contribution >= 0.6 is 15.9 Å². The van der Waals surface area contributed by atoms with Crippen molar-refractivity contribution in [2.45, 2.75) is 12.8 Å². The summed E-state index contributed by atoms with van der Waals surface area (Å²) in [6.45, 7) is 1.47. The minimum Gasteiger partial charge on any atom is -0.481 e. The van der Waals surface area contributed by atoms with E-state index >= 15 is 0 Å². The highest BCUT2D eigenvalue weighted by atomic mass is 79.9. The van der Waals surface area contributed by atoms with Crippen molar-refractivity contribution < 1.29 is 9.90 Å². The number of nitrogens with one attached hydrogen (secondary N) is 1. The van der Waals surface area contributed by atoms with Gasteiger partial charge in [0.25, 0.3) is 0 Å². The summed E-state index contributed by atoms with van der Waals surface area (Å²) >= 11 is 3.46. The van der Waals surface area contributed by atoms with E-state index in [2.05, 4.69) is 31.0 Å². The maximum absolute atomic E-state index is 11.0. The fraction of sp³-hybridized carbons (Fsp3) is 0.333. The van der Waals surface area contributed by atoms with Crippen LogP contribution in [0, 0.1) is 5.92 Å². The average Bonchev–Trinajstić information content (AvgIpc) is 2.97. The van der Waals surface area contributed by atoms with Gasteiger partial charge in [0.05, 0.1) is 11.6 Å². The number of nitrogens with zero attached hydrogens (tertiary/aromatic N) is 2. The normalized spacial score (nSPS) is 16.1. The number of rotatable bonds is 3. The number of carboxylic acids is 1. The van der Waals surface area contributed by atoms with Crippen LogP contribution in [0.5, 0.6) is 0 Å². The first-order chi connectivity index (χ1) is 10.1. The molecule has 1 fully saturated rings. The molecule has 2 aromatic rings. The van der Waals surface area contributed by atoms with Crippen LogP contribution < -0.4 is 4.90 Å². The van der Waals surface area contributed by atoms with Crippen molar-refractivity contribution in [1.29, 1.82) is 0 Å². The third-order valence-corrected chi connectivity index (χ3v) is 4.36. The second-order valence-electron chi connectivity index (χ2n) is 5.25. The van der Waals surface area contributed by atoms with Crippen LogP contribution in [0.25, 0.3) is 11.3 Å². The molecule has 0 amide bonds. The van der Waals surface area contributed by atoms with Gasteiger partial charge in [0.1, 0.15) is 0 Å². The number of anilines is 1. The zero-order valence-electron chi connectivity index (χ0n) is 11.4. The van der Waals surface area contributed by atoms with Gasteiger partial charge in [-0.25, -0.2) is 0 Å². The number of carbonyl (C=O) groups is 1. The molecular weight excluding hydrogens is 334 g/mol. The zero-order valence-corrected chi connectivity index (χ0v) is 13.0. The summed E-state index contributed by atoms with van der Waals surface area (Å²) in [5.41, 5.74) is 2.04. The van der Waals surface area contributed by atoms with Gasteiger partial charge in [0.15, 0.2) is 5.82 Å². The monoisotopic (exact) mass is 349 g/mol. The molecule has 21 heavy (non-hydrogen) atoms. The van der Waals surface area contributed by atoms with Crippen molar-refractivity contribution in [1.82, 2.24) is 10.2 Å². The number of aromatic nitrogens is 2. The van der Waals surface area contributed by atoms with Gasteiger partial charge in [-0.2, -0.15) is 5.10 Å². The molecule has 0 atom stereocenters. The molecule has 0 radical (unpaired) electrons. The Kier molecular flexibility index (Phi) is 3.96. The molecular formula is C15H16BrN3O2. The minimum atomic E-state index is -0.688. The summed E-state index contributed by atoms with van der Waals surface area (Å²) in [5.74, 6) is -0.0231. The largest absolute Gasteiger partial charge is 0.481 e. The van der Waals surface area contributed by atoms with E-state index in [0.717, 1.165) is 34.6 Å². The van der Waals surface area contributed by atoms with Gasteiger partial charge in [-0.1, -0.05) is 28.1 Å². The average molecular weight is 350 g/mol. The summed E-state index contributed by atoms with van der Waals surface area (Å²) < 4.78 is 1.03. The van der Waals surface area contributed by atoms with Crippen LogP contribution in [0.4, 0.5) is 5.82 Å². The van der Waals surface area contributed by atoms with E-state index in [-0.39, 0.29) is 5.92 Å². The molecule has 0 saturated carbocycles. The zero-order chi connectivity index (χ0) is 14.8. The van der Waals surface area contributed by atoms with Gasteiger partial charge < -0.3 is 10.0 Å². The standard InChI is InChI=1S/C15H16BrN3O2/c16-12-3-1-2-11(8-12)13-9-14(18-17-13)19-6-4-10(5-7-19)15(20)21/h1-3,8-10H,4-7H2,(H,17,18)(H,20,21). The number of carboxylic acid groups (broad SMARTS) is 1. The number of hydrogen-bond donors (Lipinski definition) is 2. The summed E-state index contributed by atoms with van der Waals surface area (Å²) in [6, 6.07) is 10.0. The van der Waals surface area contributed by atoms with Crippen molar-refractivity contribution in [3.05, 3.63) is 34.8 Å². The van der Waals surface area contributed by atoms with Crippen molar-refractivity contribution in [3.63, 3.8) is 0 Å². The first-order valence-corrected chi connectivity index (χ1v) is 7.72. The quantitative estimate of drug-likeness (QED) is 0.892. The second-order valence-corrected chi connectivity index (χ2v) is 6.17. The van der Waals surface area contributed by atoms with Gasteiger partial charge in [-0.15, -0.1) is 0 Å². The third kappa shape index (κ3) is 3.10. The number of H-pyrrole nitrogens is 1. The van der Waals surface area contributed by atoms with Gasteiger partial charge in [0.2, 0.25) is 0 Å². The first-order valence-electron chi connectivity index (χ1n) is 6.92. The minimum absolute atomic E-state index is 0.218. The number of benzene rings is 1. The Morgan fingerprint density at radius 2 is 2.10 bits per heavy atom. The van der Waals surface area contributed by atoms with E-state index in [1.807, 2.05) is 30.3 Å². The highest BCUT2D eigenvalue weighted by Gasteiger charge is 2.25. The Hall–Kier alpha value is -1.82. The van der Waals surface area contributed by atoms with Crippen LogP contribution in [0.15, 0.2) is 34.8 Å². The van der Waals surface area contributed by atoms with E-state index in [0.29, 0.717) is 12.8 Å². The lowest BCUT2D eigenvalue weighted by Gasteiger charge is -2.29. The van der Waals surface area contributed by atoms with Crippen LogP contribution in [0.1, 0.15) is 12.8 Å². The number of aromatic amines is 1. The highest BCUT2D eigenvalue weighted by molar-refractivity contribution is 9.10. The van der Waals surface area contributed by atoms with Crippen LogP contribution in [0.2, 0.25) is 0 Å². The number of piperidine rings is 1. The Morgan fingerprint density at radius 1 is 1.33 bits per heavy atom. The molecule has 6 heteroatoms. The Balaban J connectivity index is 1.73. The van der Waals surface area contributed by atoms with Gasteiger partial charge in [-0.05, 0) is 25.0 Å². The molecule has 2 heterocycles. The topological polar surface area (TPSA) is 69.2 Å². The number of halogens is 1. The fourth-order valence-corrected chi connectivity index (χ4v) is 3.03. The van der Waals surface area contributed by atoms with Crippen molar-refractivity contribution in [3.8, 4) is 11.3 Å². The molecule has 0 aliphatic carbocycles. The summed E-state index contributed by atoms with van der Waals surface area (Å²) in [6.07, 6.45) is 1.35. The van der Waals surface area contributed by atoms with Gasteiger partial charge in [-0.3, -0.25) is 9.89 Å². The lowest BCUT2D eigenvalue weighted by molar-refractivity contribution is -0.142. The van der Waals surface area contributed by atoms with Crippen molar-refractivity contribution in [2.75, 3.05) is 18.0 Å². The Labute approximate surface area is 131 Å². The van der Waals surface area contributed by atoms with E-state index in [4.69, 9.17) is 5.11 Å². The molecule has 1 aromatic heterocycles. The molecule has 0 spiro atoms. The maximum atomic E-state index is 11.0. The SMILES string of the molecule is O=C(O)C1CCN(c2cc(-c3cccc(Br)c3)[nH]n2)CC1. The van der Waals surface area contributed by atoms with Crippen LogP contribution in [-0.2, 0) is 4.79 Å². The third-order valence-electron chi connectivity index (χ3n) is 3.87. The molecule has 1 aliphatic heterocycles. The van der Waals surface area contributed by atoms with E-state index < -0.39 is 5.97 Å². The molecule has 3 rings (SSSR count). The molecule has 1 aliphatic rings. The van der Waals surface area contributed by atoms with Crippen LogP contribution in [0.3, 0.4) is 0 Å². The second kappa shape index (κ2) is 5.89. The van der Waals surface area contributed by atoms with E-state index in [9.17, 15) is 4.79 Å².